The minimum atomic E-state index is -0.168. The molecule has 0 radical (unpaired) electrons. The highest BCUT2D eigenvalue weighted by atomic mass is 79.9. The summed E-state index contributed by atoms with van der Waals surface area (Å²) in [5.74, 6) is 0.421. The maximum absolute atomic E-state index is 12.8. The predicted molar refractivity (Wildman–Crippen MR) is 75.7 cm³/mol. The van der Waals surface area contributed by atoms with E-state index in [0.29, 0.717) is 10.7 Å². The van der Waals surface area contributed by atoms with Crippen molar-refractivity contribution in [2.45, 2.75) is 23.6 Å². The van der Waals surface area contributed by atoms with Crippen molar-refractivity contribution >= 4 is 15.9 Å². The van der Waals surface area contributed by atoms with Crippen molar-refractivity contribution in [1.29, 1.82) is 0 Å². The van der Waals surface area contributed by atoms with Crippen LogP contribution in [0.5, 0.6) is 0 Å². The summed E-state index contributed by atoms with van der Waals surface area (Å²) in [6.07, 6.45) is 2.09. The van der Waals surface area contributed by atoms with E-state index in [1.165, 1.54) is 28.8 Å². The van der Waals surface area contributed by atoms with Crippen LogP contribution < -0.4 is 0 Å². The van der Waals surface area contributed by atoms with Crippen LogP contribution >= 0.6 is 15.9 Å². The van der Waals surface area contributed by atoms with Crippen LogP contribution in [0.3, 0.4) is 0 Å². The minimum Gasteiger partial charge on any atom is -0.207 e. The number of rotatable bonds is 3. The third-order valence-corrected chi connectivity index (χ3v) is 4.64. The van der Waals surface area contributed by atoms with E-state index in [1.807, 2.05) is 12.1 Å². The molecule has 2 unspecified atom stereocenters. The molecule has 18 heavy (non-hydrogen) atoms. The van der Waals surface area contributed by atoms with Crippen LogP contribution in [0.15, 0.2) is 48.5 Å². The zero-order chi connectivity index (χ0) is 12.5. The summed E-state index contributed by atoms with van der Waals surface area (Å²) in [4.78, 5) is 0.429. The third kappa shape index (κ3) is 2.22. The normalized spacial score (nSPS) is 18.9. The van der Waals surface area contributed by atoms with Crippen LogP contribution in [0.2, 0.25) is 0 Å². The Hall–Kier alpha value is -1.15. The molecule has 0 saturated heterocycles. The average Bonchev–Trinajstić information content (AvgIpc) is 2.34. The van der Waals surface area contributed by atoms with Gasteiger partial charge in [0.05, 0.1) is 0 Å². The molecule has 0 aliphatic heterocycles. The van der Waals surface area contributed by atoms with Crippen LogP contribution in [0.25, 0.3) is 0 Å². The largest absolute Gasteiger partial charge is 0.207 e. The first-order valence-corrected chi connectivity index (χ1v) is 7.12. The standard InChI is InChI=1S/C16H14BrF/c17-16(9-11-5-7-13(18)8-6-11)15-10-12-3-1-2-4-14(12)15/h1-8,15-16H,9-10H2. The van der Waals surface area contributed by atoms with E-state index in [-0.39, 0.29) is 5.82 Å². The lowest BCUT2D eigenvalue weighted by Gasteiger charge is -2.34. The first-order chi connectivity index (χ1) is 8.74. The topological polar surface area (TPSA) is 0 Å². The number of benzene rings is 2. The second-order valence-electron chi connectivity index (χ2n) is 4.86. The molecular formula is C16H14BrF. The molecule has 3 rings (SSSR count). The SMILES string of the molecule is Fc1ccc(CC(Br)C2Cc3ccccc32)cc1. The van der Waals surface area contributed by atoms with Crippen molar-refractivity contribution in [3.05, 3.63) is 71.0 Å². The first-order valence-electron chi connectivity index (χ1n) is 6.20. The molecule has 0 amide bonds. The fraction of sp³-hybridized carbons (Fsp3) is 0.250. The number of alkyl halides is 1. The minimum absolute atomic E-state index is 0.168. The zero-order valence-corrected chi connectivity index (χ0v) is 11.5. The molecule has 0 saturated carbocycles. The van der Waals surface area contributed by atoms with Gasteiger partial charge < -0.3 is 0 Å². The molecule has 92 valence electrons. The smallest absolute Gasteiger partial charge is 0.123 e. The number of fused-ring (bicyclic) bond motifs is 1. The van der Waals surface area contributed by atoms with Crippen molar-refractivity contribution in [3.63, 3.8) is 0 Å². The second-order valence-corrected chi connectivity index (χ2v) is 6.03. The molecule has 0 nitrogen and oxygen atoms in total. The molecule has 0 N–H and O–H groups in total. The second kappa shape index (κ2) is 4.85. The van der Waals surface area contributed by atoms with Gasteiger partial charge in [-0.1, -0.05) is 52.3 Å². The summed E-state index contributed by atoms with van der Waals surface area (Å²) in [5.41, 5.74) is 4.11. The summed E-state index contributed by atoms with van der Waals surface area (Å²) >= 11 is 3.79. The molecule has 2 heteroatoms. The van der Waals surface area contributed by atoms with Crippen molar-refractivity contribution in [2.24, 2.45) is 0 Å². The fourth-order valence-corrected chi connectivity index (χ4v) is 3.45. The third-order valence-electron chi connectivity index (χ3n) is 3.67. The maximum atomic E-state index is 12.8. The van der Waals surface area contributed by atoms with E-state index in [2.05, 4.69) is 40.2 Å². The molecule has 2 atom stereocenters. The van der Waals surface area contributed by atoms with E-state index in [1.54, 1.807) is 0 Å². The molecule has 1 aliphatic carbocycles. The van der Waals surface area contributed by atoms with E-state index in [4.69, 9.17) is 0 Å². The maximum Gasteiger partial charge on any atom is 0.123 e. The van der Waals surface area contributed by atoms with Gasteiger partial charge in [0.15, 0.2) is 0 Å². The van der Waals surface area contributed by atoms with Crippen LogP contribution in [0.4, 0.5) is 4.39 Å². The fourth-order valence-electron chi connectivity index (χ4n) is 2.61. The summed E-state index contributed by atoms with van der Waals surface area (Å²) in [6.45, 7) is 0. The van der Waals surface area contributed by atoms with Gasteiger partial charge in [-0.25, -0.2) is 4.39 Å². The molecule has 2 aromatic rings. The molecule has 0 aromatic heterocycles. The average molecular weight is 305 g/mol. The molecule has 0 fully saturated rings. The quantitative estimate of drug-likeness (QED) is 0.734. The zero-order valence-electron chi connectivity index (χ0n) is 9.94. The lowest BCUT2D eigenvalue weighted by molar-refractivity contribution is 0.579. The number of hydrogen-bond acceptors (Lipinski definition) is 0. The van der Waals surface area contributed by atoms with Crippen molar-refractivity contribution in [3.8, 4) is 0 Å². The van der Waals surface area contributed by atoms with Gasteiger partial charge >= 0.3 is 0 Å². The Kier molecular flexibility index (Phi) is 3.21. The summed E-state index contributed by atoms with van der Waals surface area (Å²) in [5, 5.41) is 0. The van der Waals surface area contributed by atoms with Crippen molar-refractivity contribution in [1.82, 2.24) is 0 Å². The van der Waals surface area contributed by atoms with Crippen LogP contribution in [0.1, 0.15) is 22.6 Å². The van der Waals surface area contributed by atoms with E-state index >= 15 is 0 Å². The van der Waals surface area contributed by atoms with Gasteiger partial charge in [0.25, 0.3) is 0 Å². The predicted octanol–water partition coefficient (Wildman–Crippen LogP) is 4.47. The van der Waals surface area contributed by atoms with E-state index in [9.17, 15) is 4.39 Å². The number of halogens is 2. The molecule has 0 bridgehead atoms. The highest BCUT2D eigenvalue weighted by Crippen LogP contribution is 2.41. The van der Waals surface area contributed by atoms with E-state index in [0.717, 1.165) is 12.8 Å². The Labute approximate surface area is 115 Å². The van der Waals surface area contributed by atoms with Crippen molar-refractivity contribution in [2.75, 3.05) is 0 Å². The molecule has 1 aliphatic rings. The summed E-state index contributed by atoms with van der Waals surface area (Å²) in [6, 6.07) is 15.4. The Balaban J connectivity index is 1.70. The molecule has 2 aromatic carbocycles. The Morgan fingerprint density at radius 3 is 2.56 bits per heavy atom. The van der Waals surface area contributed by atoms with Gasteiger partial charge in [0.1, 0.15) is 5.82 Å². The van der Waals surface area contributed by atoms with E-state index < -0.39 is 0 Å². The van der Waals surface area contributed by atoms with Gasteiger partial charge in [-0.15, -0.1) is 0 Å². The Morgan fingerprint density at radius 1 is 1.11 bits per heavy atom. The molecule has 0 heterocycles. The number of hydrogen-bond donors (Lipinski definition) is 0. The summed E-state index contributed by atoms with van der Waals surface area (Å²) < 4.78 is 12.8. The Morgan fingerprint density at radius 2 is 1.83 bits per heavy atom. The lowest BCUT2D eigenvalue weighted by Crippen LogP contribution is -2.26. The van der Waals surface area contributed by atoms with Gasteiger partial charge in [0.2, 0.25) is 0 Å². The first kappa shape index (κ1) is 11.9. The van der Waals surface area contributed by atoms with Crippen LogP contribution in [-0.2, 0) is 12.8 Å². The van der Waals surface area contributed by atoms with Gasteiger partial charge in [-0.3, -0.25) is 0 Å². The van der Waals surface area contributed by atoms with Crippen LogP contribution in [0, 0.1) is 5.82 Å². The highest BCUT2D eigenvalue weighted by Gasteiger charge is 2.31. The monoisotopic (exact) mass is 304 g/mol. The molecule has 0 spiro atoms. The van der Waals surface area contributed by atoms with Gasteiger partial charge in [-0.2, -0.15) is 0 Å². The van der Waals surface area contributed by atoms with Gasteiger partial charge in [-0.05, 0) is 41.7 Å². The van der Waals surface area contributed by atoms with Crippen molar-refractivity contribution < 1.29 is 4.39 Å². The van der Waals surface area contributed by atoms with Crippen LogP contribution in [-0.4, -0.2) is 4.83 Å². The molecular weight excluding hydrogens is 291 g/mol. The Bertz CT molecular complexity index is 547. The van der Waals surface area contributed by atoms with Gasteiger partial charge in [0, 0.05) is 10.7 Å². The highest BCUT2D eigenvalue weighted by molar-refractivity contribution is 9.09. The summed E-state index contributed by atoms with van der Waals surface area (Å²) in [7, 11) is 0. The lowest BCUT2D eigenvalue weighted by atomic mass is 9.75.